The van der Waals surface area contributed by atoms with E-state index >= 15 is 0 Å². The average molecular weight is 419 g/mol. The summed E-state index contributed by atoms with van der Waals surface area (Å²) in [7, 11) is 0. The first-order chi connectivity index (χ1) is 13.7. The summed E-state index contributed by atoms with van der Waals surface area (Å²) in [6.45, 7) is 2.10. The molecule has 158 valence electrons. The van der Waals surface area contributed by atoms with Crippen molar-refractivity contribution in [1.29, 1.82) is 0 Å². The Labute approximate surface area is 169 Å². The van der Waals surface area contributed by atoms with Crippen LogP contribution in [0, 0.1) is 0 Å². The van der Waals surface area contributed by atoms with Crippen LogP contribution in [0.4, 0.5) is 0 Å². The maximum absolute atomic E-state index is 10.5. The van der Waals surface area contributed by atoms with Gasteiger partial charge < -0.3 is 38.6 Å². The predicted molar refractivity (Wildman–Crippen MR) is 99.0 cm³/mol. The van der Waals surface area contributed by atoms with Crippen molar-refractivity contribution in [2.24, 2.45) is 0 Å². The minimum absolute atomic E-state index is 0.204. The van der Waals surface area contributed by atoms with E-state index in [2.05, 4.69) is 0 Å². The highest BCUT2D eigenvalue weighted by molar-refractivity contribution is 6.17. The molecule has 2 heterocycles. The quantitative estimate of drug-likeness (QED) is 0.426. The van der Waals surface area contributed by atoms with Crippen molar-refractivity contribution < 1.29 is 38.6 Å². The lowest BCUT2D eigenvalue weighted by Gasteiger charge is -2.46. The average Bonchev–Trinajstić information content (AvgIpc) is 2.74. The zero-order chi connectivity index (χ0) is 19.8. The molecule has 0 amide bonds. The Morgan fingerprint density at radius 1 is 0.929 bits per heavy atom. The van der Waals surface area contributed by atoms with Crippen LogP contribution in [0.5, 0.6) is 0 Å². The number of hydrogen-bond donors (Lipinski definition) is 2. The summed E-state index contributed by atoms with van der Waals surface area (Å²) in [6.07, 6.45) is -5.21. The molecule has 1 aromatic rings. The van der Waals surface area contributed by atoms with Gasteiger partial charge in [-0.25, -0.2) is 0 Å². The van der Waals surface area contributed by atoms with Gasteiger partial charge in [0.1, 0.15) is 24.4 Å². The standard InChI is InChI=1S/C19H27ClO8/c20-6-7-23-8-9-24-10-11-25-19-16(22)15(21)17-14(27-19)12-26-18(28-17)13-4-2-1-3-5-13/h1-5,14-19,21-22H,6-12H2/t14-,15-,16+,17-,18?,19+/m1/s1. The van der Waals surface area contributed by atoms with E-state index in [0.717, 1.165) is 5.56 Å². The molecule has 0 saturated carbocycles. The van der Waals surface area contributed by atoms with Crippen molar-refractivity contribution >= 4 is 11.6 Å². The molecule has 0 radical (unpaired) electrons. The van der Waals surface area contributed by atoms with Crippen molar-refractivity contribution in [1.82, 2.24) is 0 Å². The third-order valence-corrected chi connectivity index (χ3v) is 4.66. The van der Waals surface area contributed by atoms with Gasteiger partial charge in [0.15, 0.2) is 12.6 Å². The number of hydrogen-bond acceptors (Lipinski definition) is 8. The molecule has 1 unspecified atom stereocenters. The number of halogens is 1. The van der Waals surface area contributed by atoms with Crippen LogP contribution in [0.25, 0.3) is 0 Å². The van der Waals surface area contributed by atoms with Gasteiger partial charge in [0.2, 0.25) is 0 Å². The summed E-state index contributed by atoms with van der Waals surface area (Å²) >= 11 is 5.50. The Morgan fingerprint density at radius 3 is 2.39 bits per heavy atom. The van der Waals surface area contributed by atoms with Gasteiger partial charge in [0.05, 0.1) is 39.6 Å². The van der Waals surface area contributed by atoms with Gasteiger partial charge >= 0.3 is 0 Å². The van der Waals surface area contributed by atoms with Crippen molar-refractivity contribution in [3.8, 4) is 0 Å². The molecule has 0 aromatic heterocycles. The summed E-state index contributed by atoms with van der Waals surface area (Å²) < 4.78 is 33.4. The van der Waals surface area contributed by atoms with Gasteiger partial charge in [-0.05, 0) is 0 Å². The van der Waals surface area contributed by atoms with Gasteiger partial charge in [-0.1, -0.05) is 30.3 Å². The number of aliphatic hydroxyl groups is 2. The molecular weight excluding hydrogens is 392 g/mol. The Balaban J connectivity index is 1.41. The molecular formula is C19H27ClO8. The topological polar surface area (TPSA) is 95.8 Å². The second kappa shape index (κ2) is 11.4. The molecule has 1 aromatic carbocycles. The Kier molecular flexibility index (Phi) is 8.91. The molecule has 0 bridgehead atoms. The van der Waals surface area contributed by atoms with Crippen LogP contribution in [-0.4, -0.2) is 86.4 Å². The van der Waals surface area contributed by atoms with E-state index in [0.29, 0.717) is 32.3 Å². The molecule has 2 saturated heterocycles. The number of benzene rings is 1. The highest BCUT2D eigenvalue weighted by Gasteiger charge is 2.49. The monoisotopic (exact) mass is 418 g/mol. The van der Waals surface area contributed by atoms with E-state index in [4.69, 9.17) is 40.0 Å². The second-order valence-electron chi connectivity index (χ2n) is 6.49. The maximum atomic E-state index is 10.5. The highest BCUT2D eigenvalue weighted by atomic mass is 35.5. The van der Waals surface area contributed by atoms with Crippen LogP contribution in [0.1, 0.15) is 11.9 Å². The SMILES string of the molecule is O[C@@H]1[C@@H](OCCOCCOCCCl)O[C@@H]2COC(c3ccccc3)O[C@H]2[C@@H]1O. The molecule has 28 heavy (non-hydrogen) atoms. The van der Waals surface area contributed by atoms with E-state index in [9.17, 15) is 10.2 Å². The lowest BCUT2D eigenvalue weighted by molar-refractivity contribution is -0.361. The van der Waals surface area contributed by atoms with Crippen molar-refractivity contribution in [2.75, 3.05) is 45.5 Å². The lowest BCUT2D eigenvalue weighted by atomic mass is 9.98. The maximum Gasteiger partial charge on any atom is 0.186 e. The Morgan fingerprint density at radius 2 is 1.64 bits per heavy atom. The molecule has 6 atom stereocenters. The van der Waals surface area contributed by atoms with Gasteiger partial charge in [0.25, 0.3) is 0 Å². The summed E-state index contributed by atoms with van der Waals surface area (Å²) in [5.41, 5.74) is 0.841. The van der Waals surface area contributed by atoms with Crippen LogP contribution in [0.15, 0.2) is 30.3 Å². The number of rotatable bonds is 10. The van der Waals surface area contributed by atoms with Crippen LogP contribution in [0.3, 0.4) is 0 Å². The molecule has 2 fully saturated rings. The lowest BCUT2D eigenvalue weighted by Crippen LogP contribution is -2.62. The fraction of sp³-hybridized carbons (Fsp3) is 0.684. The summed E-state index contributed by atoms with van der Waals surface area (Å²) in [4.78, 5) is 0. The molecule has 2 aliphatic rings. The third kappa shape index (κ3) is 5.85. The van der Waals surface area contributed by atoms with E-state index < -0.39 is 37.0 Å². The van der Waals surface area contributed by atoms with Crippen LogP contribution < -0.4 is 0 Å². The largest absolute Gasteiger partial charge is 0.387 e. The Bertz CT molecular complexity index is 560. The van der Waals surface area contributed by atoms with Crippen molar-refractivity contribution in [2.45, 2.75) is 37.0 Å². The third-order valence-electron chi connectivity index (χ3n) is 4.51. The smallest absolute Gasteiger partial charge is 0.186 e. The normalized spacial score (nSPS) is 32.8. The van der Waals surface area contributed by atoms with Crippen LogP contribution in [0.2, 0.25) is 0 Å². The number of alkyl halides is 1. The zero-order valence-electron chi connectivity index (χ0n) is 15.5. The van der Waals surface area contributed by atoms with Crippen molar-refractivity contribution in [3.05, 3.63) is 35.9 Å². The molecule has 3 rings (SSSR count). The second-order valence-corrected chi connectivity index (χ2v) is 6.86. The summed E-state index contributed by atoms with van der Waals surface area (Å²) in [6, 6.07) is 9.42. The predicted octanol–water partition coefficient (Wildman–Crippen LogP) is 0.836. The number of aliphatic hydroxyl groups excluding tert-OH is 2. The number of ether oxygens (including phenoxy) is 6. The molecule has 2 N–H and O–H groups in total. The van der Waals surface area contributed by atoms with E-state index in [-0.39, 0.29) is 13.2 Å². The number of fused-ring (bicyclic) bond motifs is 1. The molecule has 8 nitrogen and oxygen atoms in total. The first kappa shape index (κ1) is 21.9. The van der Waals surface area contributed by atoms with Gasteiger partial charge in [-0.2, -0.15) is 0 Å². The molecule has 0 aliphatic carbocycles. The van der Waals surface area contributed by atoms with E-state index in [1.54, 1.807) is 0 Å². The minimum atomic E-state index is -1.23. The van der Waals surface area contributed by atoms with Gasteiger partial charge in [0, 0.05) is 11.4 Å². The van der Waals surface area contributed by atoms with Crippen LogP contribution in [-0.2, 0) is 28.4 Å². The van der Waals surface area contributed by atoms with Gasteiger partial charge in [-0.3, -0.25) is 0 Å². The Hall–Kier alpha value is -0.810. The zero-order valence-corrected chi connectivity index (χ0v) is 16.3. The summed E-state index contributed by atoms with van der Waals surface area (Å²) in [5.74, 6) is 0.448. The van der Waals surface area contributed by atoms with Crippen LogP contribution >= 0.6 is 11.6 Å². The van der Waals surface area contributed by atoms with E-state index in [1.807, 2.05) is 30.3 Å². The fourth-order valence-electron chi connectivity index (χ4n) is 3.09. The fourth-order valence-corrected chi connectivity index (χ4v) is 3.20. The molecule has 9 heteroatoms. The highest BCUT2D eigenvalue weighted by Crippen LogP contribution is 2.34. The molecule has 2 aliphatic heterocycles. The minimum Gasteiger partial charge on any atom is -0.387 e. The summed E-state index contributed by atoms with van der Waals surface area (Å²) in [5, 5.41) is 20.8. The first-order valence-electron chi connectivity index (χ1n) is 9.37. The van der Waals surface area contributed by atoms with Crippen molar-refractivity contribution in [3.63, 3.8) is 0 Å². The molecule has 0 spiro atoms. The van der Waals surface area contributed by atoms with Gasteiger partial charge in [-0.15, -0.1) is 11.6 Å². The van der Waals surface area contributed by atoms with E-state index in [1.165, 1.54) is 0 Å². The first-order valence-corrected chi connectivity index (χ1v) is 9.91.